The highest BCUT2D eigenvalue weighted by atomic mass is 19.1. The summed E-state index contributed by atoms with van der Waals surface area (Å²) in [7, 11) is 0. The van der Waals surface area contributed by atoms with Crippen LogP contribution in [-0.2, 0) is 11.3 Å². The summed E-state index contributed by atoms with van der Waals surface area (Å²) in [5, 5.41) is 6.70. The minimum Gasteiger partial charge on any atom is -0.339 e. The largest absolute Gasteiger partial charge is 0.339 e. The van der Waals surface area contributed by atoms with E-state index in [1.165, 1.54) is 18.5 Å². The van der Waals surface area contributed by atoms with Gasteiger partial charge in [0.15, 0.2) is 0 Å². The lowest BCUT2D eigenvalue weighted by atomic mass is 10.1. The summed E-state index contributed by atoms with van der Waals surface area (Å²) in [6.45, 7) is 1.39. The number of anilines is 1. The second-order valence-electron chi connectivity index (χ2n) is 6.07. The second kappa shape index (κ2) is 7.03. The molecule has 0 saturated carbocycles. The molecule has 2 aromatic carbocycles. The molecule has 0 saturated heterocycles. The summed E-state index contributed by atoms with van der Waals surface area (Å²) < 4.78 is 19.5. The van der Waals surface area contributed by atoms with Crippen molar-refractivity contribution in [2.75, 3.05) is 5.32 Å². The first-order valence-electron chi connectivity index (χ1n) is 8.35. The first-order chi connectivity index (χ1) is 13.5. The van der Waals surface area contributed by atoms with Gasteiger partial charge in [-0.3, -0.25) is 14.2 Å². The zero-order valence-electron chi connectivity index (χ0n) is 14.7. The molecule has 0 spiro atoms. The molecule has 4 rings (SSSR count). The van der Waals surface area contributed by atoms with Gasteiger partial charge in [0, 0.05) is 12.5 Å². The number of hydrogen-bond donors (Lipinski definition) is 1. The minimum absolute atomic E-state index is 0.109. The fraction of sp³-hybridized carbons (Fsp3) is 0.105. The number of aryl methyl sites for hydroxylation is 1. The first kappa shape index (κ1) is 17.5. The van der Waals surface area contributed by atoms with Gasteiger partial charge < -0.3 is 9.84 Å². The van der Waals surface area contributed by atoms with Crippen LogP contribution >= 0.6 is 0 Å². The van der Waals surface area contributed by atoms with E-state index in [0.29, 0.717) is 28.5 Å². The molecule has 0 atom stereocenters. The number of benzene rings is 2. The number of halogens is 1. The summed E-state index contributed by atoms with van der Waals surface area (Å²) in [4.78, 5) is 33.2. The van der Waals surface area contributed by atoms with Crippen LogP contribution in [0.1, 0.15) is 5.89 Å². The topological polar surface area (TPSA) is 103 Å². The average Bonchev–Trinajstić information content (AvgIpc) is 3.11. The van der Waals surface area contributed by atoms with Gasteiger partial charge in [0.2, 0.25) is 17.6 Å². The molecule has 0 aliphatic carbocycles. The molecule has 2 heterocycles. The van der Waals surface area contributed by atoms with E-state index in [9.17, 15) is 14.0 Å². The SMILES string of the molecule is Cc1nc(-c2ccccc2NC(=O)Cn2cnc3ccc(F)cc3c2=O)no1. The van der Waals surface area contributed by atoms with E-state index < -0.39 is 17.3 Å². The number of hydrogen-bond acceptors (Lipinski definition) is 6. The summed E-state index contributed by atoms with van der Waals surface area (Å²) in [5.41, 5.74) is 0.919. The predicted octanol–water partition coefficient (Wildman–Crippen LogP) is 2.53. The number of fused-ring (bicyclic) bond motifs is 1. The number of aromatic nitrogens is 4. The molecule has 0 fully saturated rings. The van der Waals surface area contributed by atoms with Crippen LogP contribution in [0, 0.1) is 12.7 Å². The van der Waals surface area contributed by atoms with Crippen molar-refractivity contribution >= 4 is 22.5 Å². The Morgan fingerprint density at radius 3 is 2.86 bits per heavy atom. The molecule has 0 bridgehead atoms. The van der Waals surface area contributed by atoms with Crippen molar-refractivity contribution < 1.29 is 13.7 Å². The van der Waals surface area contributed by atoms with Crippen LogP contribution in [0.2, 0.25) is 0 Å². The Balaban J connectivity index is 1.60. The Labute approximate surface area is 157 Å². The van der Waals surface area contributed by atoms with E-state index in [4.69, 9.17) is 4.52 Å². The van der Waals surface area contributed by atoms with Crippen molar-refractivity contribution in [2.45, 2.75) is 13.5 Å². The summed E-state index contributed by atoms with van der Waals surface area (Å²) in [5.74, 6) is -0.254. The van der Waals surface area contributed by atoms with Crippen molar-refractivity contribution in [1.82, 2.24) is 19.7 Å². The smallest absolute Gasteiger partial charge is 0.261 e. The van der Waals surface area contributed by atoms with E-state index >= 15 is 0 Å². The molecule has 0 aliphatic heterocycles. The van der Waals surface area contributed by atoms with E-state index in [1.807, 2.05) is 0 Å². The van der Waals surface area contributed by atoms with Crippen LogP contribution in [0.3, 0.4) is 0 Å². The number of amides is 1. The van der Waals surface area contributed by atoms with Crippen LogP contribution in [0.5, 0.6) is 0 Å². The Morgan fingerprint density at radius 1 is 1.25 bits per heavy atom. The van der Waals surface area contributed by atoms with Gasteiger partial charge in [0.05, 0.1) is 22.9 Å². The Kier molecular flexibility index (Phi) is 4.40. The third kappa shape index (κ3) is 3.37. The molecule has 9 heteroatoms. The maximum Gasteiger partial charge on any atom is 0.261 e. The predicted molar refractivity (Wildman–Crippen MR) is 99.1 cm³/mol. The lowest BCUT2D eigenvalue weighted by molar-refractivity contribution is -0.116. The lowest BCUT2D eigenvalue weighted by Crippen LogP contribution is -2.28. The monoisotopic (exact) mass is 379 g/mol. The molecular formula is C19H14FN5O3. The third-order valence-corrected chi connectivity index (χ3v) is 4.07. The van der Waals surface area contributed by atoms with Gasteiger partial charge in [0.1, 0.15) is 12.4 Å². The standard InChI is InChI=1S/C19H14FN5O3/c1-11-22-18(24-28-11)13-4-2-3-5-16(13)23-17(26)9-25-10-21-15-7-6-12(20)8-14(15)19(25)27/h2-8,10H,9H2,1H3,(H,23,26). The molecule has 2 aromatic heterocycles. The van der Waals surface area contributed by atoms with Crippen molar-refractivity contribution in [3.63, 3.8) is 0 Å². The number of nitrogens with one attached hydrogen (secondary N) is 1. The number of carbonyl (C=O) groups is 1. The van der Waals surface area contributed by atoms with Crippen molar-refractivity contribution in [1.29, 1.82) is 0 Å². The molecule has 1 amide bonds. The molecular weight excluding hydrogens is 365 g/mol. The fourth-order valence-corrected chi connectivity index (χ4v) is 2.78. The summed E-state index contributed by atoms with van der Waals surface area (Å²) >= 11 is 0. The van der Waals surface area contributed by atoms with Crippen LogP contribution in [0.25, 0.3) is 22.3 Å². The molecule has 0 aliphatic rings. The molecule has 8 nitrogen and oxygen atoms in total. The van der Waals surface area contributed by atoms with E-state index in [1.54, 1.807) is 31.2 Å². The molecule has 4 aromatic rings. The quantitative estimate of drug-likeness (QED) is 0.584. The summed E-state index contributed by atoms with van der Waals surface area (Å²) in [6.07, 6.45) is 1.26. The van der Waals surface area contributed by atoms with Gasteiger partial charge in [-0.1, -0.05) is 17.3 Å². The third-order valence-electron chi connectivity index (χ3n) is 4.07. The number of rotatable bonds is 4. The number of para-hydroxylation sites is 1. The van der Waals surface area contributed by atoms with Crippen molar-refractivity contribution in [2.24, 2.45) is 0 Å². The van der Waals surface area contributed by atoms with Gasteiger partial charge >= 0.3 is 0 Å². The fourth-order valence-electron chi connectivity index (χ4n) is 2.78. The molecule has 140 valence electrons. The molecule has 0 unspecified atom stereocenters. The van der Waals surface area contributed by atoms with Crippen molar-refractivity contribution in [3.8, 4) is 11.4 Å². The normalized spacial score (nSPS) is 10.9. The maximum absolute atomic E-state index is 13.4. The summed E-state index contributed by atoms with van der Waals surface area (Å²) in [6, 6.07) is 10.7. The van der Waals surface area contributed by atoms with Crippen LogP contribution in [0.4, 0.5) is 10.1 Å². The van der Waals surface area contributed by atoms with Gasteiger partial charge in [-0.25, -0.2) is 9.37 Å². The van der Waals surface area contributed by atoms with E-state index in [2.05, 4.69) is 20.4 Å². The maximum atomic E-state index is 13.4. The number of carbonyl (C=O) groups excluding carboxylic acids is 1. The zero-order chi connectivity index (χ0) is 19.7. The lowest BCUT2D eigenvalue weighted by Gasteiger charge is -2.10. The number of nitrogens with zero attached hydrogens (tertiary/aromatic N) is 4. The molecule has 1 N–H and O–H groups in total. The Hall–Kier alpha value is -3.88. The second-order valence-corrected chi connectivity index (χ2v) is 6.07. The Bertz CT molecular complexity index is 1250. The minimum atomic E-state index is -0.544. The highest BCUT2D eigenvalue weighted by Crippen LogP contribution is 2.25. The van der Waals surface area contributed by atoms with E-state index in [0.717, 1.165) is 10.6 Å². The molecule has 0 radical (unpaired) electrons. The van der Waals surface area contributed by atoms with Crippen LogP contribution in [-0.4, -0.2) is 25.6 Å². The van der Waals surface area contributed by atoms with E-state index in [-0.39, 0.29) is 11.9 Å². The van der Waals surface area contributed by atoms with Crippen LogP contribution < -0.4 is 10.9 Å². The zero-order valence-corrected chi connectivity index (χ0v) is 14.7. The first-order valence-corrected chi connectivity index (χ1v) is 8.35. The average molecular weight is 379 g/mol. The highest BCUT2D eigenvalue weighted by molar-refractivity contribution is 5.94. The van der Waals surface area contributed by atoms with Gasteiger partial charge in [0.25, 0.3) is 5.56 Å². The Morgan fingerprint density at radius 2 is 2.07 bits per heavy atom. The van der Waals surface area contributed by atoms with Gasteiger partial charge in [-0.15, -0.1) is 0 Å². The van der Waals surface area contributed by atoms with Gasteiger partial charge in [-0.2, -0.15) is 4.98 Å². The van der Waals surface area contributed by atoms with Crippen molar-refractivity contribution in [3.05, 3.63) is 70.9 Å². The van der Waals surface area contributed by atoms with Gasteiger partial charge in [-0.05, 0) is 30.3 Å². The van der Waals surface area contributed by atoms with Crippen LogP contribution in [0.15, 0.2) is 58.1 Å². The highest BCUT2D eigenvalue weighted by Gasteiger charge is 2.14. The molecule has 28 heavy (non-hydrogen) atoms.